The number of nitrogens with one attached hydrogen (secondary N) is 1. The van der Waals surface area contributed by atoms with Gasteiger partial charge in [-0.3, -0.25) is 5.43 Å². The monoisotopic (exact) mass is 249 g/mol. The molecular weight excluding hydrogens is 230 g/mol. The van der Waals surface area contributed by atoms with E-state index in [1.807, 2.05) is 12.1 Å². The molecule has 2 heterocycles. The molecule has 2 aliphatic rings. The van der Waals surface area contributed by atoms with Crippen molar-refractivity contribution in [3.8, 4) is 11.5 Å². The lowest BCUT2D eigenvalue weighted by molar-refractivity contribution is 0.101. The van der Waals surface area contributed by atoms with Gasteiger partial charge in [-0.2, -0.15) is 0 Å². The summed E-state index contributed by atoms with van der Waals surface area (Å²) in [5.41, 5.74) is 4.62. The van der Waals surface area contributed by atoms with Crippen molar-refractivity contribution in [1.82, 2.24) is 15.3 Å². The normalized spacial score (nSPS) is 20.3. The fraction of sp³-hybridized carbons (Fsp3) is 0.538. The zero-order valence-electron chi connectivity index (χ0n) is 10.7. The van der Waals surface area contributed by atoms with E-state index in [9.17, 15) is 0 Å². The minimum Gasteiger partial charge on any atom is -0.454 e. The first-order valence-corrected chi connectivity index (χ1v) is 6.37. The van der Waals surface area contributed by atoms with Crippen LogP contribution in [-0.2, 0) is 6.54 Å². The third-order valence-electron chi connectivity index (χ3n) is 3.47. The number of piperazine rings is 1. The van der Waals surface area contributed by atoms with Crippen molar-refractivity contribution in [2.75, 3.05) is 40.0 Å². The molecule has 98 valence electrons. The van der Waals surface area contributed by atoms with Crippen LogP contribution in [0.5, 0.6) is 11.5 Å². The highest BCUT2D eigenvalue weighted by Gasteiger charge is 2.18. The van der Waals surface area contributed by atoms with Crippen LogP contribution in [0.25, 0.3) is 0 Å². The van der Waals surface area contributed by atoms with Crippen molar-refractivity contribution < 1.29 is 9.47 Å². The van der Waals surface area contributed by atoms with E-state index in [0.29, 0.717) is 6.79 Å². The summed E-state index contributed by atoms with van der Waals surface area (Å²) in [5.74, 6) is 1.74. The largest absolute Gasteiger partial charge is 0.454 e. The van der Waals surface area contributed by atoms with Crippen molar-refractivity contribution in [3.05, 3.63) is 23.8 Å². The molecule has 1 aromatic rings. The standard InChI is InChI=1S/C13H19N3O2/c1-15-5-7-16(8-6-15)14-9-11-3-2-4-12-13(11)18-10-17-12/h2-4,14H,5-10H2,1H3. The van der Waals surface area contributed by atoms with Gasteiger partial charge in [0.1, 0.15) is 0 Å². The van der Waals surface area contributed by atoms with E-state index in [2.05, 4.69) is 28.4 Å². The lowest BCUT2D eigenvalue weighted by Crippen LogP contribution is -2.50. The van der Waals surface area contributed by atoms with E-state index in [1.54, 1.807) is 0 Å². The molecule has 0 saturated carbocycles. The van der Waals surface area contributed by atoms with Crippen molar-refractivity contribution in [3.63, 3.8) is 0 Å². The van der Waals surface area contributed by atoms with Crippen LogP contribution in [0, 0.1) is 0 Å². The topological polar surface area (TPSA) is 37.0 Å². The first-order chi connectivity index (χ1) is 8.83. The Morgan fingerprint density at radius 3 is 2.83 bits per heavy atom. The minimum atomic E-state index is 0.334. The summed E-state index contributed by atoms with van der Waals surface area (Å²) in [5, 5.41) is 2.27. The molecule has 5 nitrogen and oxygen atoms in total. The molecule has 0 unspecified atom stereocenters. The lowest BCUT2D eigenvalue weighted by atomic mass is 10.2. The predicted octanol–water partition coefficient (Wildman–Crippen LogP) is 0.667. The van der Waals surface area contributed by atoms with Crippen LogP contribution in [-0.4, -0.2) is 49.9 Å². The maximum absolute atomic E-state index is 5.50. The highest BCUT2D eigenvalue weighted by molar-refractivity contribution is 5.47. The number of ether oxygens (including phenoxy) is 2. The number of rotatable bonds is 3. The van der Waals surface area contributed by atoms with Crippen molar-refractivity contribution >= 4 is 0 Å². The van der Waals surface area contributed by atoms with E-state index < -0.39 is 0 Å². The van der Waals surface area contributed by atoms with Gasteiger partial charge >= 0.3 is 0 Å². The smallest absolute Gasteiger partial charge is 0.231 e. The minimum absolute atomic E-state index is 0.334. The Morgan fingerprint density at radius 2 is 2.00 bits per heavy atom. The molecule has 0 aromatic heterocycles. The average molecular weight is 249 g/mol. The first kappa shape index (κ1) is 11.8. The van der Waals surface area contributed by atoms with Gasteiger partial charge in [0.15, 0.2) is 11.5 Å². The van der Waals surface area contributed by atoms with Crippen molar-refractivity contribution in [2.45, 2.75) is 6.54 Å². The van der Waals surface area contributed by atoms with Gasteiger partial charge in [0.25, 0.3) is 0 Å². The Morgan fingerprint density at radius 1 is 1.17 bits per heavy atom. The SMILES string of the molecule is CN1CCN(NCc2cccc3c2OCO3)CC1. The molecule has 1 aromatic carbocycles. The summed E-state index contributed by atoms with van der Waals surface area (Å²) in [6, 6.07) is 6.03. The molecule has 2 aliphatic heterocycles. The zero-order chi connectivity index (χ0) is 12.4. The molecule has 0 spiro atoms. The zero-order valence-corrected chi connectivity index (χ0v) is 10.7. The third-order valence-corrected chi connectivity index (χ3v) is 3.47. The van der Waals surface area contributed by atoms with Crippen LogP contribution in [0.4, 0.5) is 0 Å². The number of likely N-dealkylation sites (N-methyl/N-ethyl adjacent to an activating group) is 1. The second-order valence-electron chi connectivity index (χ2n) is 4.78. The average Bonchev–Trinajstić information content (AvgIpc) is 2.87. The van der Waals surface area contributed by atoms with Gasteiger partial charge in [-0.05, 0) is 13.1 Å². The van der Waals surface area contributed by atoms with Crippen LogP contribution in [0.1, 0.15) is 5.56 Å². The lowest BCUT2D eigenvalue weighted by Gasteiger charge is -2.32. The van der Waals surface area contributed by atoms with Gasteiger partial charge < -0.3 is 14.4 Å². The number of para-hydroxylation sites is 1. The second-order valence-corrected chi connectivity index (χ2v) is 4.78. The highest BCUT2D eigenvalue weighted by atomic mass is 16.7. The number of hydrogen-bond donors (Lipinski definition) is 1. The highest BCUT2D eigenvalue weighted by Crippen LogP contribution is 2.35. The fourth-order valence-electron chi connectivity index (χ4n) is 2.29. The van der Waals surface area contributed by atoms with E-state index >= 15 is 0 Å². The van der Waals surface area contributed by atoms with E-state index in [1.165, 1.54) is 0 Å². The number of hydrazine groups is 1. The summed E-state index contributed by atoms with van der Waals surface area (Å²) in [6.07, 6.45) is 0. The summed E-state index contributed by atoms with van der Waals surface area (Å²) in [4.78, 5) is 2.34. The summed E-state index contributed by atoms with van der Waals surface area (Å²) in [7, 11) is 2.16. The van der Waals surface area contributed by atoms with Crippen molar-refractivity contribution in [1.29, 1.82) is 0 Å². The molecule has 18 heavy (non-hydrogen) atoms. The Kier molecular flexibility index (Phi) is 3.36. The Balaban J connectivity index is 1.59. The summed E-state index contributed by atoms with van der Waals surface area (Å²) < 4.78 is 10.9. The predicted molar refractivity (Wildman–Crippen MR) is 68.5 cm³/mol. The molecule has 1 N–H and O–H groups in total. The number of benzene rings is 1. The maximum atomic E-state index is 5.50. The van der Waals surface area contributed by atoms with Crippen LogP contribution in [0.3, 0.4) is 0 Å². The number of fused-ring (bicyclic) bond motifs is 1. The summed E-state index contributed by atoms with van der Waals surface area (Å²) >= 11 is 0. The van der Waals surface area contributed by atoms with Gasteiger partial charge in [0.2, 0.25) is 6.79 Å². The van der Waals surface area contributed by atoms with Crippen LogP contribution in [0.2, 0.25) is 0 Å². The third kappa shape index (κ3) is 2.43. The van der Waals surface area contributed by atoms with Crippen LogP contribution < -0.4 is 14.9 Å². The van der Waals surface area contributed by atoms with Crippen molar-refractivity contribution in [2.24, 2.45) is 0 Å². The van der Waals surface area contributed by atoms with Gasteiger partial charge in [-0.15, -0.1) is 0 Å². The second kappa shape index (κ2) is 5.14. The van der Waals surface area contributed by atoms with Gasteiger partial charge in [0, 0.05) is 38.3 Å². The molecule has 0 bridgehead atoms. The molecule has 0 aliphatic carbocycles. The molecule has 1 fully saturated rings. The molecule has 0 radical (unpaired) electrons. The number of hydrogen-bond acceptors (Lipinski definition) is 5. The van der Waals surface area contributed by atoms with Gasteiger partial charge in [0.05, 0.1) is 0 Å². The Labute approximate surface area is 107 Å². The molecular formula is C13H19N3O2. The maximum Gasteiger partial charge on any atom is 0.231 e. The summed E-state index contributed by atoms with van der Waals surface area (Å²) in [6.45, 7) is 5.46. The Bertz CT molecular complexity index is 417. The van der Waals surface area contributed by atoms with Crippen LogP contribution >= 0.6 is 0 Å². The van der Waals surface area contributed by atoms with E-state index in [4.69, 9.17) is 9.47 Å². The van der Waals surface area contributed by atoms with E-state index in [0.717, 1.165) is 49.8 Å². The molecule has 5 heteroatoms. The first-order valence-electron chi connectivity index (χ1n) is 6.37. The van der Waals surface area contributed by atoms with Gasteiger partial charge in [-0.1, -0.05) is 12.1 Å². The Hall–Kier alpha value is -1.30. The fourth-order valence-corrected chi connectivity index (χ4v) is 2.29. The van der Waals surface area contributed by atoms with Gasteiger partial charge in [-0.25, -0.2) is 5.01 Å². The molecule has 3 rings (SSSR count). The molecule has 0 atom stereocenters. The van der Waals surface area contributed by atoms with E-state index in [-0.39, 0.29) is 0 Å². The quantitative estimate of drug-likeness (QED) is 0.852. The number of nitrogens with zero attached hydrogens (tertiary/aromatic N) is 2. The molecule has 1 saturated heterocycles. The molecule has 0 amide bonds. The van der Waals surface area contributed by atoms with Crippen LogP contribution in [0.15, 0.2) is 18.2 Å².